The monoisotopic (exact) mass is 465 g/mol. The van der Waals surface area contributed by atoms with Crippen molar-refractivity contribution in [3.8, 4) is 0 Å². The summed E-state index contributed by atoms with van der Waals surface area (Å²) in [6.07, 6.45) is 10.2. The van der Waals surface area contributed by atoms with Gasteiger partial charge in [0.25, 0.3) is 0 Å². The molecule has 2 aliphatic carbocycles. The molecular formula is C19H36IN3O2. The van der Waals surface area contributed by atoms with Crippen LogP contribution in [-0.4, -0.2) is 50.0 Å². The van der Waals surface area contributed by atoms with E-state index in [2.05, 4.69) is 17.6 Å². The van der Waals surface area contributed by atoms with Crippen LogP contribution in [0.15, 0.2) is 4.99 Å². The third-order valence-corrected chi connectivity index (χ3v) is 6.16. The van der Waals surface area contributed by atoms with E-state index in [1.54, 1.807) is 0 Å². The van der Waals surface area contributed by atoms with Crippen molar-refractivity contribution in [1.29, 1.82) is 0 Å². The highest BCUT2D eigenvalue weighted by Gasteiger charge is 2.43. The summed E-state index contributed by atoms with van der Waals surface area (Å²) < 4.78 is 5.57. The summed E-state index contributed by atoms with van der Waals surface area (Å²) in [7, 11) is 0. The predicted molar refractivity (Wildman–Crippen MR) is 113 cm³/mol. The molecule has 146 valence electrons. The van der Waals surface area contributed by atoms with Gasteiger partial charge in [-0.3, -0.25) is 4.99 Å². The Bertz CT molecular complexity index is 421. The van der Waals surface area contributed by atoms with Crippen molar-refractivity contribution in [1.82, 2.24) is 10.6 Å². The Balaban J connectivity index is 0.00000225. The Morgan fingerprint density at radius 1 is 1.28 bits per heavy atom. The molecule has 0 spiro atoms. The smallest absolute Gasteiger partial charge is 0.191 e. The molecule has 3 rings (SSSR count). The standard InChI is InChI=1S/C19H35N3O2.HI/c1-2-20-18(21-13-19(8-10-23)9-11-24-14-19)22-17-12-16(17)15-6-4-3-5-7-15;/h15-17,23H,2-14H2,1H3,(H2,20,21,22);1H. The normalized spacial score (nSPS) is 33.0. The second-order valence-electron chi connectivity index (χ2n) is 8.02. The second-order valence-corrected chi connectivity index (χ2v) is 8.02. The van der Waals surface area contributed by atoms with Gasteiger partial charge in [0.2, 0.25) is 0 Å². The molecule has 3 atom stereocenters. The van der Waals surface area contributed by atoms with Crippen molar-refractivity contribution in [2.45, 2.75) is 64.3 Å². The quantitative estimate of drug-likeness (QED) is 0.307. The zero-order chi connectivity index (χ0) is 16.8. The van der Waals surface area contributed by atoms with Crippen molar-refractivity contribution >= 4 is 29.9 Å². The van der Waals surface area contributed by atoms with Crippen molar-refractivity contribution in [3.63, 3.8) is 0 Å². The van der Waals surface area contributed by atoms with Gasteiger partial charge in [0, 0.05) is 31.2 Å². The van der Waals surface area contributed by atoms with Crippen molar-refractivity contribution < 1.29 is 9.84 Å². The SMILES string of the molecule is CCNC(=NCC1(CCO)CCOC1)NC1CC1C1CCCCC1.I. The molecule has 0 aromatic rings. The van der Waals surface area contributed by atoms with Gasteiger partial charge in [-0.15, -0.1) is 24.0 Å². The number of rotatable bonds is 7. The van der Waals surface area contributed by atoms with Gasteiger partial charge < -0.3 is 20.5 Å². The number of nitrogens with zero attached hydrogens (tertiary/aromatic N) is 1. The fourth-order valence-electron chi connectivity index (χ4n) is 4.49. The first kappa shape index (κ1) is 21.2. The Kier molecular flexibility index (Phi) is 8.75. The highest BCUT2D eigenvalue weighted by atomic mass is 127. The third-order valence-electron chi connectivity index (χ3n) is 6.16. The van der Waals surface area contributed by atoms with Gasteiger partial charge in [0.15, 0.2) is 5.96 Å². The molecule has 3 unspecified atom stereocenters. The first-order valence-electron chi connectivity index (χ1n) is 10.00. The van der Waals surface area contributed by atoms with Gasteiger partial charge in [-0.25, -0.2) is 0 Å². The molecule has 1 aliphatic heterocycles. The molecule has 1 saturated heterocycles. The average molecular weight is 465 g/mol. The number of hydrogen-bond acceptors (Lipinski definition) is 3. The highest BCUT2D eigenvalue weighted by Crippen LogP contribution is 2.44. The summed E-state index contributed by atoms with van der Waals surface area (Å²) in [4.78, 5) is 4.85. The van der Waals surface area contributed by atoms with Gasteiger partial charge in [0.1, 0.15) is 0 Å². The van der Waals surface area contributed by atoms with Crippen LogP contribution in [0.1, 0.15) is 58.3 Å². The molecule has 0 bridgehead atoms. The number of aliphatic hydroxyl groups is 1. The molecule has 3 fully saturated rings. The number of hydrogen-bond donors (Lipinski definition) is 3. The molecule has 2 saturated carbocycles. The van der Waals surface area contributed by atoms with Gasteiger partial charge >= 0.3 is 0 Å². The van der Waals surface area contributed by atoms with Crippen LogP contribution in [0.3, 0.4) is 0 Å². The lowest BCUT2D eigenvalue weighted by Crippen LogP contribution is -2.41. The first-order chi connectivity index (χ1) is 11.8. The summed E-state index contributed by atoms with van der Waals surface area (Å²) in [5.74, 6) is 2.74. The average Bonchev–Trinajstić information content (AvgIpc) is 3.22. The topological polar surface area (TPSA) is 65.9 Å². The molecule has 5 nitrogen and oxygen atoms in total. The van der Waals surface area contributed by atoms with Gasteiger partial charge in [-0.2, -0.15) is 0 Å². The number of aliphatic imine (C=N–C) groups is 1. The Hall–Kier alpha value is -0.0800. The summed E-state index contributed by atoms with van der Waals surface area (Å²) in [6, 6.07) is 0.611. The maximum Gasteiger partial charge on any atom is 0.191 e. The van der Waals surface area contributed by atoms with E-state index in [9.17, 15) is 5.11 Å². The van der Waals surface area contributed by atoms with Crippen molar-refractivity contribution in [2.75, 3.05) is 32.9 Å². The zero-order valence-electron chi connectivity index (χ0n) is 15.6. The highest BCUT2D eigenvalue weighted by molar-refractivity contribution is 14.0. The molecule has 0 radical (unpaired) electrons. The van der Waals surface area contributed by atoms with Crippen LogP contribution in [0.2, 0.25) is 0 Å². The van der Waals surface area contributed by atoms with Gasteiger partial charge in [0.05, 0.1) is 13.2 Å². The summed E-state index contributed by atoms with van der Waals surface area (Å²) >= 11 is 0. The Morgan fingerprint density at radius 2 is 2.08 bits per heavy atom. The van der Waals surface area contributed by atoms with Gasteiger partial charge in [-0.05, 0) is 38.0 Å². The fourth-order valence-corrected chi connectivity index (χ4v) is 4.49. The van der Waals surface area contributed by atoms with E-state index < -0.39 is 0 Å². The lowest BCUT2D eigenvalue weighted by atomic mass is 9.84. The molecule has 0 aromatic heterocycles. The molecule has 3 N–H and O–H groups in total. The molecule has 25 heavy (non-hydrogen) atoms. The summed E-state index contributed by atoms with van der Waals surface area (Å²) in [5.41, 5.74) is 0.0312. The summed E-state index contributed by atoms with van der Waals surface area (Å²) in [6.45, 7) is 5.48. The van der Waals surface area contributed by atoms with Crippen molar-refractivity contribution in [2.24, 2.45) is 22.2 Å². The maximum absolute atomic E-state index is 9.36. The first-order valence-corrected chi connectivity index (χ1v) is 10.00. The molecule has 1 heterocycles. The van der Waals surface area contributed by atoms with E-state index in [0.29, 0.717) is 6.04 Å². The van der Waals surface area contributed by atoms with E-state index in [-0.39, 0.29) is 36.0 Å². The third kappa shape index (κ3) is 5.96. The predicted octanol–water partition coefficient (Wildman–Crippen LogP) is 2.92. The number of halogens is 1. The van der Waals surface area contributed by atoms with Crippen LogP contribution in [0, 0.1) is 17.3 Å². The lowest BCUT2D eigenvalue weighted by molar-refractivity contribution is 0.131. The molecule has 0 aromatic carbocycles. The van der Waals surface area contributed by atoms with Crippen LogP contribution < -0.4 is 10.6 Å². The number of aliphatic hydroxyl groups excluding tert-OH is 1. The minimum Gasteiger partial charge on any atom is -0.396 e. The number of ether oxygens (including phenoxy) is 1. The maximum atomic E-state index is 9.36. The summed E-state index contributed by atoms with van der Waals surface area (Å²) in [5, 5.41) is 16.4. The Morgan fingerprint density at radius 3 is 2.72 bits per heavy atom. The van der Waals surface area contributed by atoms with E-state index in [1.165, 1.54) is 38.5 Å². The molecular weight excluding hydrogens is 429 g/mol. The zero-order valence-corrected chi connectivity index (χ0v) is 18.0. The van der Waals surface area contributed by atoms with E-state index in [0.717, 1.165) is 56.9 Å². The number of guanidine groups is 1. The largest absolute Gasteiger partial charge is 0.396 e. The van der Waals surface area contributed by atoms with Crippen molar-refractivity contribution in [3.05, 3.63) is 0 Å². The minimum atomic E-state index is 0. The van der Waals surface area contributed by atoms with E-state index in [4.69, 9.17) is 9.73 Å². The van der Waals surface area contributed by atoms with E-state index in [1.807, 2.05) is 0 Å². The fraction of sp³-hybridized carbons (Fsp3) is 0.947. The van der Waals surface area contributed by atoms with Crippen LogP contribution in [0.4, 0.5) is 0 Å². The van der Waals surface area contributed by atoms with Crippen LogP contribution in [-0.2, 0) is 4.74 Å². The number of nitrogens with one attached hydrogen (secondary N) is 2. The molecule has 3 aliphatic rings. The minimum absolute atomic E-state index is 0. The van der Waals surface area contributed by atoms with Crippen LogP contribution >= 0.6 is 24.0 Å². The molecule has 6 heteroatoms. The van der Waals surface area contributed by atoms with Crippen LogP contribution in [0.5, 0.6) is 0 Å². The Labute approximate surface area is 169 Å². The second kappa shape index (κ2) is 10.3. The van der Waals surface area contributed by atoms with Crippen LogP contribution in [0.25, 0.3) is 0 Å². The molecule has 0 amide bonds. The van der Waals surface area contributed by atoms with E-state index >= 15 is 0 Å². The van der Waals surface area contributed by atoms with Gasteiger partial charge in [-0.1, -0.05) is 32.1 Å². The lowest BCUT2D eigenvalue weighted by Gasteiger charge is -2.25.